The van der Waals surface area contributed by atoms with Crippen molar-refractivity contribution >= 4 is 29.0 Å². The summed E-state index contributed by atoms with van der Waals surface area (Å²) in [6.45, 7) is 1.49. The first-order valence-corrected chi connectivity index (χ1v) is 12.5. The summed E-state index contributed by atoms with van der Waals surface area (Å²) < 4.78 is 1.96. The fourth-order valence-electron chi connectivity index (χ4n) is 4.33. The van der Waals surface area contributed by atoms with Crippen molar-refractivity contribution < 1.29 is 9.90 Å². The van der Waals surface area contributed by atoms with E-state index in [0.29, 0.717) is 36.0 Å². The van der Waals surface area contributed by atoms with Crippen LogP contribution in [-0.2, 0) is 16.9 Å². The van der Waals surface area contributed by atoms with Crippen LogP contribution in [-0.4, -0.2) is 54.2 Å². The van der Waals surface area contributed by atoms with Gasteiger partial charge < -0.3 is 15.3 Å². The number of likely N-dealkylation sites (N-methyl/N-ethyl adjacent to an activating group) is 1. The van der Waals surface area contributed by atoms with E-state index in [1.165, 1.54) is 24.2 Å². The average Bonchev–Trinajstić information content (AvgIpc) is 3.25. The number of nitrogens with one attached hydrogen (secondary N) is 1. The van der Waals surface area contributed by atoms with Crippen LogP contribution in [0.2, 0.25) is 0 Å². The molecule has 1 unspecified atom stereocenters. The topological polar surface area (TPSA) is 109 Å². The lowest BCUT2D eigenvalue weighted by Gasteiger charge is -2.21. The zero-order valence-corrected chi connectivity index (χ0v) is 20.1. The largest absolute Gasteiger partial charge is 0.375 e. The fourth-order valence-corrected chi connectivity index (χ4v) is 5.14. The number of carbonyl (C=O) groups is 1. The number of thiazole rings is 1. The van der Waals surface area contributed by atoms with Crippen LogP contribution < -0.4 is 5.32 Å². The Bertz CT molecular complexity index is 1400. The molecule has 0 spiro atoms. The minimum absolute atomic E-state index is 0.270. The molecule has 0 radical (unpaired) electrons. The molecule has 1 saturated heterocycles. The molecular formula is C25H25N7O2S. The van der Waals surface area contributed by atoms with Crippen molar-refractivity contribution in [3.05, 3.63) is 59.7 Å². The third kappa shape index (κ3) is 4.30. The van der Waals surface area contributed by atoms with Gasteiger partial charge in [-0.15, -0.1) is 11.3 Å². The normalized spacial score (nSPS) is 19.9. The number of hydrogen-bond acceptors (Lipinski definition) is 8. The van der Waals surface area contributed by atoms with E-state index in [2.05, 4.69) is 20.4 Å². The Kier molecular flexibility index (Phi) is 5.34. The number of aliphatic hydroxyl groups is 1. The highest BCUT2D eigenvalue weighted by molar-refractivity contribution is 7.13. The molecule has 1 aliphatic carbocycles. The van der Waals surface area contributed by atoms with Crippen LogP contribution in [0.3, 0.4) is 0 Å². The molecule has 9 nitrogen and oxygen atoms in total. The smallest absolute Gasteiger partial charge is 0.258 e. The van der Waals surface area contributed by atoms with E-state index >= 15 is 0 Å². The van der Waals surface area contributed by atoms with Crippen molar-refractivity contribution in [2.24, 2.45) is 5.92 Å². The molecule has 2 fully saturated rings. The molecule has 4 aromatic rings. The lowest BCUT2D eigenvalue weighted by atomic mass is 9.91. The highest BCUT2D eigenvalue weighted by atomic mass is 32.1. The van der Waals surface area contributed by atoms with Gasteiger partial charge in [0, 0.05) is 56.0 Å². The summed E-state index contributed by atoms with van der Waals surface area (Å²) in [7, 11) is 1.71. The van der Waals surface area contributed by atoms with Crippen LogP contribution >= 0.6 is 11.3 Å². The molecule has 1 aliphatic heterocycles. The molecule has 1 atom stereocenters. The van der Waals surface area contributed by atoms with Crippen molar-refractivity contribution in [1.82, 2.24) is 29.6 Å². The van der Waals surface area contributed by atoms with Crippen LogP contribution in [0.4, 0.5) is 11.8 Å². The molecule has 6 rings (SSSR count). The Morgan fingerprint density at radius 2 is 2.09 bits per heavy atom. The lowest BCUT2D eigenvalue weighted by Crippen LogP contribution is -2.36. The summed E-state index contributed by atoms with van der Waals surface area (Å²) in [5, 5.41) is 21.5. The number of hydrogen-bond donors (Lipinski definition) is 2. The first-order chi connectivity index (χ1) is 17.0. The Morgan fingerprint density at radius 3 is 2.89 bits per heavy atom. The highest BCUT2D eigenvalue weighted by Crippen LogP contribution is 2.36. The number of likely N-dealkylation sites (tertiary alicyclic amines) is 1. The van der Waals surface area contributed by atoms with Gasteiger partial charge in [0.15, 0.2) is 11.4 Å². The van der Waals surface area contributed by atoms with E-state index in [1.807, 2.05) is 46.6 Å². The van der Waals surface area contributed by atoms with Gasteiger partial charge in [0.2, 0.25) is 5.95 Å². The van der Waals surface area contributed by atoms with Crippen LogP contribution in [0.5, 0.6) is 0 Å². The molecular weight excluding hydrogens is 462 g/mol. The number of rotatable bonds is 7. The molecule has 2 aliphatic rings. The van der Waals surface area contributed by atoms with Crippen LogP contribution in [0.25, 0.3) is 22.0 Å². The molecule has 10 heteroatoms. The quantitative estimate of drug-likeness (QED) is 0.409. The average molecular weight is 488 g/mol. The van der Waals surface area contributed by atoms with Crippen LogP contribution in [0, 0.1) is 5.92 Å². The summed E-state index contributed by atoms with van der Waals surface area (Å²) in [4.78, 5) is 27.8. The fraction of sp³-hybridized carbons (Fsp3) is 0.320. The Labute approximate surface area is 206 Å². The van der Waals surface area contributed by atoms with Crippen molar-refractivity contribution in [3.63, 3.8) is 0 Å². The van der Waals surface area contributed by atoms with Crippen LogP contribution in [0.1, 0.15) is 24.8 Å². The summed E-state index contributed by atoms with van der Waals surface area (Å²) in [5.74, 6) is 1.66. The predicted octanol–water partition coefficient (Wildman–Crippen LogP) is 3.67. The van der Waals surface area contributed by atoms with Gasteiger partial charge in [0.05, 0.1) is 5.69 Å². The molecule has 178 valence electrons. The SMILES string of the molecule is CN1CCC(O)(c2cccc(-c3nc(-c4ccnc(Nc5ccn(CC6CC6)n5)n4)cs3)c2)C1=O. The van der Waals surface area contributed by atoms with Gasteiger partial charge in [0.1, 0.15) is 10.7 Å². The predicted molar refractivity (Wildman–Crippen MR) is 133 cm³/mol. The van der Waals surface area contributed by atoms with Gasteiger partial charge in [-0.05, 0) is 36.5 Å². The number of aromatic nitrogens is 5. The van der Waals surface area contributed by atoms with Gasteiger partial charge in [-0.1, -0.05) is 18.2 Å². The molecule has 3 aromatic heterocycles. The number of amides is 1. The second-order valence-electron chi connectivity index (χ2n) is 9.21. The second-order valence-corrected chi connectivity index (χ2v) is 10.1. The maximum Gasteiger partial charge on any atom is 0.258 e. The van der Waals surface area contributed by atoms with E-state index < -0.39 is 5.60 Å². The van der Waals surface area contributed by atoms with E-state index in [1.54, 1.807) is 24.2 Å². The van der Waals surface area contributed by atoms with Gasteiger partial charge in [-0.2, -0.15) is 5.10 Å². The monoisotopic (exact) mass is 487 g/mol. The lowest BCUT2D eigenvalue weighted by molar-refractivity contribution is -0.143. The first-order valence-electron chi connectivity index (χ1n) is 11.7. The minimum Gasteiger partial charge on any atom is -0.375 e. The highest BCUT2D eigenvalue weighted by Gasteiger charge is 2.45. The van der Waals surface area contributed by atoms with Gasteiger partial charge >= 0.3 is 0 Å². The zero-order chi connectivity index (χ0) is 24.0. The van der Waals surface area contributed by atoms with Crippen molar-refractivity contribution in [2.45, 2.75) is 31.4 Å². The van der Waals surface area contributed by atoms with Gasteiger partial charge in [-0.25, -0.2) is 15.0 Å². The maximum atomic E-state index is 12.5. The summed E-state index contributed by atoms with van der Waals surface area (Å²) >= 11 is 1.49. The van der Waals surface area contributed by atoms with Crippen molar-refractivity contribution in [1.29, 1.82) is 0 Å². The Hall–Kier alpha value is -3.63. The molecule has 0 bridgehead atoms. The summed E-state index contributed by atoms with van der Waals surface area (Å²) in [6.07, 6.45) is 6.61. The van der Waals surface area contributed by atoms with Gasteiger partial charge in [-0.3, -0.25) is 9.48 Å². The van der Waals surface area contributed by atoms with E-state index in [4.69, 9.17) is 4.98 Å². The molecule has 4 heterocycles. The Morgan fingerprint density at radius 1 is 1.20 bits per heavy atom. The van der Waals surface area contributed by atoms with E-state index in [0.717, 1.165) is 28.7 Å². The molecule has 35 heavy (non-hydrogen) atoms. The van der Waals surface area contributed by atoms with Crippen LogP contribution in [0.15, 0.2) is 54.2 Å². The number of nitrogens with zero attached hydrogens (tertiary/aromatic N) is 6. The molecule has 1 saturated carbocycles. The van der Waals surface area contributed by atoms with Crippen molar-refractivity contribution in [2.75, 3.05) is 18.9 Å². The van der Waals surface area contributed by atoms with E-state index in [9.17, 15) is 9.90 Å². The number of carbonyl (C=O) groups excluding carboxylic acids is 1. The second kappa shape index (κ2) is 8.54. The van der Waals surface area contributed by atoms with Gasteiger partial charge in [0.25, 0.3) is 5.91 Å². The molecule has 1 aromatic carbocycles. The maximum absolute atomic E-state index is 12.5. The standard InChI is InChI=1S/C25H25N7O2S/c1-31-12-9-25(34,23(31)33)18-4-2-3-17(13-18)22-27-20(15-35-22)19-7-10-26-24(28-19)29-21-8-11-32(30-21)14-16-5-6-16/h2-4,7-8,10-11,13,15-16,34H,5-6,9,12,14H2,1H3,(H,26,28,29,30). The third-order valence-electron chi connectivity index (χ3n) is 6.54. The number of benzene rings is 1. The van der Waals surface area contributed by atoms with Crippen molar-refractivity contribution in [3.8, 4) is 22.0 Å². The zero-order valence-electron chi connectivity index (χ0n) is 19.3. The molecule has 1 amide bonds. The minimum atomic E-state index is -1.48. The summed E-state index contributed by atoms with van der Waals surface area (Å²) in [6, 6.07) is 11.2. The Balaban J connectivity index is 1.21. The molecule has 2 N–H and O–H groups in total. The third-order valence-corrected chi connectivity index (χ3v) is 7.43. The first kappa shape index (κ1) is 21.9. The van der Waals surface area contributed by atoms with E-state index in [-0.39, 0.29) is 5.91 Å². The number of anilines is 2. The summed E-state index contributed by atoms with van der Waals surface area (Å²) in [5.41, 5.74) is 1.39.